The summed E-state index contributed by atoms with van der Waals surface area (Å²) in [7, 11) is 0. The van der Waals surface area contributed by atoms with Gasteiger partial charge in [0.05, 0.1) is 12.3 Å². The fourth-order valence-corrected chi connectivity index (χ4v) is 2.44. The maximum Gasteiger partial charge on any atom is 0.279 e. The Morgan fingerprint density at radius 2 is 2.30 bits per heavy atom. The lowest BCUT2D eigenvalue weighted by atomic mass is 10.1. The molecule has 1 saturated heterocycles. The molecule has 0 bridgehead atoms. The van der Waals surface area contributed by atoms with Gasteiger partial charge in [-0.15, -0.1) is 0 Å². The highest BCUT2D eigenvalue weighted by Gasteiger charge is 2.28. The number of para-hydroxylation sites is 1. The molecule has 0 aromatic heterocycles. The van der Waals surface area contributed by atoms with Gasteiger partial charge in [0.1, 0.15) is 6.04 Å². The van der Waals surface area contributed by atoms with Gasteiger partial charge in [-0.25, -0.2) is 0 Å². The van der Waals surface area contributed by atoms with E-state index in [1.54, 1.807) is 18.2 Å². The van der Waals surface area contributed by atoms with Gasteiger partial charge in [0.25, 0.3) is 5.24 Å². The number of carbonyl (C=O) groups excluding carboxylic acids is 2. The first-order chi connectivity index (χ1) is 9.70. The zero-order valence-electron chi connectivity index (χ0n) is 10.7. The van der Waals surface area contributed by atoms with Crippen LogP contribution in [0.4, 0.5) is 10.5 Å². The van der Waals surface area contributed by atoms with Gasteiger partial charge < -0.3 is 15.7 Å². The molecule has 1 fully saturated rings. The van der Waals surface area contributed by atoms with E-state index in [-0.39, 0.29) is 17.8 Å². The number of thioether (sulfide) groups is 1. The molecule has 104 valence electrons. The highest BCUT2D eigenvalue weighted by atomic mass is 32.2. The van der Waals surface area contributed by atoms with Crippen molar-refractivity contribution in [3.8, 4) is 11.8 Å². The van der Waals surface area contributed by atoms with Crippen molar-refractivity contribution < 1.29 is 14.7 Å². The first-order valence-electron chi connectivity index (χ1n) is 6.13. The summed E-state index contributed by atoms with van der Waals surface area (Å²) in [4.78, 5) is 23.1. The van der Waals surface area contributed by atoms with E-state index in [1.165, 1.54) is 0 Å². The summed E-state index contributed by atoms with van der Waals surface area (Å²) in [5.74, 6) is 5.90. The van der Waals surface area contributed by atoms with E-state index in [4.69, 9.17) is 5.11 Å². The molecule has 1 aliphatic heterocycles. The van der Waals surface area contributed by atoms with Crippen LogP contribution in [0.15, 0.2) is 24.3 Å². The summed E-state index contributed by atoms with van der Waals surface area (Å²) in [6.07, 6.45) is 0.387. The number of carbonyl (C=O) groups is 2. The van der Waals surface area contributed by atoms with Crippen molar-refractivity contribution in [3.05, 3.63) is 29.8 Å². The summed E-state index contributed by atoms with van der Waals surface area (Å²) in [5, 5.41) is 13.9. The van der Waals surface area contributed by atoms with E-state index in [2.05, 4.69) is 22.5 Å². The maximum atomic E-state index is 12.0. The van der Waals surface area contributed by atoms with E-state index in [1.807, 2.05) is 6.07 Å². The Balaban J connectivity index is 2.07. The Morgan fingerprint density at radius 1 is 1.50 bits per heavy atom. The number of aliphatic hydroxyl groups excluding tert-OH is 1. The molecule has 0 saturated carbocycles. The minimum absolute atomic E-state index is 0.00680. The molecule has 2 amide bonds. The fourth-order valence-electron chi connectivity index (χ4n) is 1.66. The van der Waals surface area contributed by atoms with Crippen LogP contribution in [0.25, 0.3) is 0 Å². The predicted molar refractivity (Wildman–Crippen MR) is 78.4 cm³/mol. The van der Waals surface area contributed by atoms with Crippen LogP contribution in [0.1, 0.15) is 12.0 Å². The molecule has 0 spiro atoms. The van der Waals surface area contributed by atoms with Crippen molar-refractivity contribution in [2.45, 2.75) is 12.5 Å². The third kappa shape index (κ3) is 3.76. The van der Waals surface area contributed by atoms with Gasteiger partial charge in [0, 0.05) is 17.7 Å². The summed E-state index contributed by atoms with van der Waals surface area (Å²) >= 11 is 1.10. The second-order valence-electron chi connectivity index (χ2n) is 4.11. The minimum Gasteiger partial charge on any atom is -0.395 e. The first kappa shape index (κ1) is 14.4. The number of benzene rings is 1. The largest absolute Gasteiger partial charge is 0.395 e. The van der Waals surface area contributed by atoms with Crippen molar-refractivity contribution in [1.82, 2.24) is 5.32 Å². The van der Waals surface area contributed by atoms with Gasteiger partial charge in [-0.2, -0.15) is 0 Å². The van der Waals surface area contributed by atoms with Gasteiger partial charge in [-0.3, -0.25) is 9.59 Å². The van der Waals surface area contributed by atoms with Crippen LogP contribution in [0.2, 0.25) is 0 Å². The van der Waals surface area contributed by atoms with Gasteiger partial charge in [0.2, 0.25) is 5.91 Å². The van der Waals surface area contributed by atoms with Crippen molar-refractivity contribution in [1.29, 1.82) is 0 Å². The smallest absolute Gasteiger partial charge is 0.279 e. The first-order valence-corrected chi connectivity index (χ1v) is 7.12. The van der Waals surface area contributed by atoms with E-state index in [0.29, 0.717) is 23.4 Å². The van der Waals surface area contributed by atoms with E-state index >= 15 is 0 Å². The molecule has 0 radical (unpaired) electrons. The van der Waals surface area contributed by atoms with Crippen LogP contribution >= 0.6 is 11.8 Å². The Morgan fingerprint density at radius 3 is 3.00 bits per heavy atom. The topological polar surface area (TPSA) is 78.4 Å². The number of hydrogen-bond donors (Lipinski definition) is 3. The zero-order chi connectivity index (χ0) is 14.4. The number of rotatable bonds is 3. The Labute approximate surface area is 121 Å². The van der Waals surface area contributed by atoms with Crippen LogP contribution in [0, 0.1) is 11.8 Å². The van der Waals surface area contributed by atoms with Crippen LogP contribution in [0.5, 0.6) is 0 Å². The molecule has 5 nitrogen and oxygen atoms in total. The molecule has 2 rings (SSSR count). The van der Waals surface area contributed by atoms with Crippen LogP contribution < -0.4 is 10.6 Å². The summed E-state index contributed by atoms with van der Waals surface area (Å²) < 4.78 is 0. The lowest BCUT2D eigenvalue weighted by Crippen LogP contribution is -2.38. The third-order valence-electron chi connectivity index (χ3n) is 2.63. The Hall–Kier alpha value is -1.97. The molecular weight excluding hydrogens is 276 g/mol. The number of amides is 2. The molecule has 20 heavy (non-hydrogen) atoms. The zero-order valence-corrected chi connectivity index (χ0v) is 11.5. The van der Waals surface area contributed by atoms with Crippen molar-refractivity contribution in [2.24, 2.45) is 0 Å². The van der Waals surface area contributed by atoms with E-state index < -0.39 is 6.04 Å². The number of hydrogen-bond acceptors (Lipinski definition) is 4. The number of anilines is 1. The number of nitrogens with one attached hydrogen (secondary N) is 2. The standard InChI is InChI=1S/C14H14N2O3S/c17-8-4-3-6-10-5-1-2-7-11(10)15-13(18)12-9-20-14(19)16-12/h1-2,5,7,12,17H,4,8-9H2,(H,15,18)(H,16,19). The predicted octanol–water partition coefficient (Wildman–Crippen LogP) is 1.18. The Bertz CT molecular complexity index is 577. The third-order valence-corrected chi connectivity index (χ3v) is 3.51. The molecule has 1 unspecified atom stereocenters. The summed E-state index contributed by atoms with van der Waals surface area (Å²) in [5.41, 5.74) is 1.29. The molecule has 1 aromatic rings. The fraction of sp³-hybridized carbons (Fsp3) is 0.286. The molecule has 1 aromatic carbocycles. The van der Waals surface area contributed by atoms with Crippen LogP contribution in [-0.4, -0.2) is 34.7 Å². The average molecular weight is 290 g/mol. The van der Waals surface area contributed by atoms with Crippen molar-refractivity contribution >= 4 is 28.6 Å². The second-order valence-corrected chi connectivity index (χ2v) is 5.10. The lowest BCUT2D eigenvalue weighted by Gasteiger charge is -2.11. The minimum atomic E-state index is -0.508. The molecule has 1 heterocycles. The highest BCUT2D eigenvalue weighted by Crippen LogP contribution is 2.17. The molecule has 3 N–H and O–H groups in total. The molecule has 1 aliphatic rings. The van der Waals surface area contributed by atoms with Crippen LogP contribution in [0.3, 0.4) is 0 Å². The van der Waals surface area contributed by atoms with Gasteiger partial charge in [-0.1, -0.05) is 35.7 Å². The second kappa shape index (κ2) is 6.98. The van der Waals surface area contributed by atoms with E-state index in [0.717, 1.165) is 11.8 Å². The molecule has 1 atom stereocenters. The highest BCUT2D eigenvalue weighted by molar-refractivity contribution is 8.14. The SMILES string of the molecule is O=C1NC(C(=O)Nc2ccccc2C#CCCO)CS1. The van der Waals surface area contributed by atoms with Crippen molar-refractivity contribution in [3.63, 3.8) is 0 Å². The van der Waals surface area contributed by atoms with Gasteiger partial charge in [-0.05, 0) is 12.1 Å². The molecule has 6 heteroatoms. The maximum absolute atomic E-state index is 12.0. The lowest BCUT2D eigenvalue weighted by molar-refractivity contribution is -0.117. The molecule has 0 aliphatic carbocycles. The quantitative estimate of drug-likeness (QED) is 0.731. The van der Waals surface area contributed by atoms with E-state index in [9.17, 15) is 9.59 Å². The molecular formula is C14H14N2O3S. The van der Waals surface area contributed by atoms with Crippen LogP contribution in [-0.2, 0) is 4.79 Å². The summed E-state index contributed by atoms with van der Waals surface area (Å²) in [6.45, 7) is 0.00680. The monoisotopic (exact) mass is 290 g/mol. The average Bonchev–Trinajstić information content (AvgIpc) is 2.88. The number of aliphatic hydroxyl groups is 1. The summed E-state index contributed by atoms with van der Waals surface area (Å²) in [6, 6.07) is 6.67. The van der Waals surface area contributed by atoms with Crippen molar-refractivity contribution in [2.75, 3.05) is 17.7 Å². The Kier molecular flexibility index (Phi) is 5.04. The van der Waals surface area contributed by atoms with Gasteiger partial charge in [0.15, 0.2) is 0 Å². The normalized spacial score (nSPS) is 17.1. The van der Waals surface area contributed by atoms with Gasteiger partial charge >= 0.3 is 0 Å².